The van der Waals surface area contributed by atoms with Gasteiger partial charge in [0.25, 0.3) is 10.0 Å². The van der Waals surface area contributed by atoms with E-state index in [0.29, 0.717) is 23.7 Å². The molecule has 29 heavy (non-hydrogen) atoms. The first-order valence-electron chi connectivity index (χ1n) is 10.4. The van der Waals surface area contributed by atoms with Crippen LogP contribution in [0.1, 0.15) is 44.1 Å². The van der Waals surface area contributed by atoms with Crippen molar-refractivity contribution in [2.45, 2.75) is 48.1 Å². The van der Waals surface area contributed by atoms with Gasteiger partial charge in [0.1, 0.15) is 4.21 Å². The first kappa shape index (κ1) is 20.6. The van der Waals surface area contributed by atoms with E-state index in [4.69, 9.17) is 0 Å². The summed E-state index contributed by atoms with van der Waals surface area (Å²) in [4.78, 5) is 13.0. The molecule has 7 heteroatoms. The third-order valence-electron chi connectivity index (χ3n) is 6.39. The quantitative estimate of drug-likeness (QED) is 0.755. The van der Waals surface area contributed by atoms with E-state index in [1.807, 2.05) is 6.07 Å². The number of nitrogens with zero attached hydrogens (tertiary/aromatic N) is 1. The molecule has 0 radical (unpaired) electrons. The van der Waals surface area contributed by atoms with Gasteiger partial charge >= 0.3 is 0 Å². The predicted molar refractivity (Wildman–Crippen MR) is 115 cm³/mol. The van der Waals surface area contributed by atoms with Crippen LogP contribution in [0, 0.1) is 5.92 Å². The van der Waals surface area contributed by atoms with Gasteiger partial charge in [0.2, 0.25) is 5.91 Å². The van der Waals surface area contributed by atoms with Gasteiger partial charge in [-0.05, 0) is 42.7 Å². The van der Waals surface area contributed by atoms with Crippen molar-refractivity contribution in [3.05, 3.63) is 53.4 Å². The molecule has 1 aliphatic heterocycles. The maximum absolute atomic E-state index is 13.0. The number of sulfonamides is 1. The van der Waals surface area contributed by atoms with E-state index < -0.39 is 10.0 Å². The van der Waals surface area contributed by atoms with Gasteiger partial charge in [-0.2, -0.15) is 4.31 Å². The molecule has 0 bridgehead atoms. The summed E-state index contributed by atoms with van der Waals surface area (Å²) in [5, 5.41) is 4.95. The topological polar surface area (TPSA) is 66.5 Å². The van der Waals surface area contributed by atoms with Crippen molar-refractivity contribution in [2.24, 2.45) is 5.92 Å². The van der Waals surface area contributed by atoms with Crippen LogP contribution < -0.4 is 5.32 Å². The largest absolute Gasteiger partial charge is 0.355 e. The highest BCUT2D eigenvalue weighted by Crippen LogP contribution is 2.40. The molecule has 1 N–H and O–H groups in total. The Labute approximate surface area is 177 Å². The van der Waals surface area contributed by atoms with Crippen molar-refractivity contribution in [1.29, 1.82) is 0 Å². The highest BCUT2D eigenvalue weighted by molar-refractivity contribution is 7.91. The van der Waals surface area contributed by atoms with Crippen LogP contribution in [-0.2, 0) is 20.2 Å². The zero-order valence-electron chi connectivity index (χ0n) is 16.5. The predicted octanol–water partition coefficient (Wildman–Crippen LogP) is 3.78. The normalized spacial score (nSPS) is 22.4. The van der Waals surface area contributed by atoms with Gasteiger partial charge in [0.15, 0.2) is 0 Å². The number of piperidine rings is 1. The maximum atomic E-state index is 13.0. The van der Waals surface area contributed by atoms with Crippen molar-refractivity contribution in [3.8, 4) is 0 Å². The zero-order valence-corrected chi connectivity index (χ0v) is 18.2. The number of hydrogen-bond acceptors (Lipinski definition) is 4. The first-order chi connectivity index (χ1) is 14.0. The average molecular weight is 433 g/mol. The summed E-state index contributed by atoms with van der Waals surface area (Å²) < 4.78 is 27.5. The molecule has 1 atom stereocenters. The van der Waals surface area contributed by atoms with Gasteiger partial charge in [0, 0.05) is 25.0 Å². The van der Waals surface area contributed by atoms with E-state index in [0.717, 1.165) is 19.3 Å². The molecule has 1 saturated heterocycles. The highest BCUT2D eigenvalue weighted by atomic mass is 32.2. The molecule has 5 nitrogen and oxygen atoms in total. The van der Waals surface area contributed by atoms with Crippen molar-refractivity contribution in [3.63, 3.8) is 0 Å². The van der Waals surface area contributed by atoms with Gasteiger partial charge in [-0.3, -0.25) is 4.79 Å². The number of carbonyl (C=O) groups is 1. The highest BCUT2D eigenvalue weighted by Gasteiger charge is 2.38. The average Bonchev–Trinajstić information content (AvgIpc) is 3.46. The Bertz CT molecular complexity index is 920. The summed E-state index contributed by atoms with van der Waals surface area (Å²) in [6.07, 6.45) is 5.98. The van der Waals surface area contributed by atoms with E-state index in [1.165, 1.54) is 34.0 Å². The SMILES string of the molecule is O=C(NCC1(c2ccccc2)CCCC1)C1CCCN(S(=O)(=O)c2cccs2)C1. The van der Waals surface area contributed by atoms with Crippen molar-refractivity contribution in [1.82, 2.24) is 9.62 Å². The molecule has 0 spiro atoms. The molecule has 1 aliphatic carbocycles. The monoisotopic (exact) mass is 432 g/mol. The second kappa shape index (κ2) is 8.58. The van der Waals surface area contributed by atoms with Crippen LogP contribution in [0.15, 0.2) is 52.1 Å². The minimum Gasteiger partial charge on any atom is -0.355 e. The van der Waals surface area contributed by atoms with Crippen LogP contribution in [0.5, 0.6) is 0 Å². The van der Waals surface area contributed by atoms with E-state index in [2.05, 4.69) is 29.6 Å². The molecule has 1 amide bonds. The van der Waals surface area contributed by atoms with Gasteiger partial charge in [-0.25, -0.2) is 8.42 Å². The number of thiophene rings is 1. The van der Waals surface area contributed by atoms with Crippen LogP contribution in [0.3, 0.4) is 0 Å². The number of rotatable bonds is 6. The first-order valence-corrected chi connectivity index (χ1v) is 12.7. The molecule has 156 valence electrons. The summed E-state index contributed by atoms with van der Waals surface area (Å²) >= 11 is 1.23. The summed E-state index contributed by atoms with van der Waals surface area (Å²) in [6.45, 7) is 1.38. The Morgan fingerprint density at radius 3 is 2.55 bits per heavy atom. The summed E-state index contributed by atoms with van der Waals surface area (Å²) in [6, 6.07) is 13.8. The lowest BCUT2D eigenvalue weighted by Crippen LogP contribution is -2.47. The Morgan fingerprint density at radius 1 is 1.10 bits per heavy atom. The fraction of sp³-hybridized carbons (Fsp3) is 0.500. The van der Waals surface area contributed by atoms with E-state index in [9.17, 15) is 13.2 Å². The van der Waals surface area contributed by atoms with Gasteiger partial charge < -0.3 is 5.32 Å². The van der Waals surface area contributed by atoms with Crippen LogP contribution in [0.2, 0.25) is 0 Å². The zero-order chi connectivity index (χ0) is 20.3. The number of amides is 1. The third-order valence-corrected chi connectivity index (χ3v) is 9.63. The second-order valence-electron chi connectivity index (χ2n) is 8.21. The fourth-order valence-electron chi connectivity index (χ4n) is 4.72. The summed E-state index contributed by atoms with van der Waals surface area (Å²) in [7, 11) is -3.50. The summed E-state index contributed by atoms with van der Waals surface area (Å²) in [5.41, 5.74) is 1.30. The number of hydrogen-bond donors (Lipinski definition) is 1. The van der Waals surface area contributed by atoms with Gasteiger partial charge in [-0.1, -0.05) is 49.2 Å². The Kier molecular flexibility index (Phi) is 6.08. The number of nitrogens with one attached hydrogen (secondary N) is 1. The molecule has 1 aromatic carbocycles. The lowest BCUT2D eigenvalue weighted by Gasteiger charge is -2.33. The van der Waals surface area contributed by atoms with Crippen LogP contribution in [0.4, 0.5) is 0 Å². The fourth-order valence-corrected chi connectivity index (χ4v) is 7.39. The molecule has 2 heterocycles. The standard InChI is InChI=1S/C22H28N2O3S2/c25-21(23-17-22(12-4-5-13-22)19-9-2-1-3-10-19)18-8-6-14-24(16-18)29(26,27)20-11-7-15-28-20/h1-3,7,9-11,15,18H,4-6,8,12-14,16-17H2,(H,23,25). The molecular formula is C22H28N2O3S2. The van der Waals surface area contributed by atoms with Crippen molar-refractivity contribution in [2.75, 3.05) is 19.6 Å². The molecule has 2 fully saturated rings. The van der Waals surface area contributed by atoms with Crippen LogP contribution >= 0.6 is 11.3 Å². The Hall–Kier alpha value is -1.70. The molecule has 1 aromatic heterocycles. The van der Waals surface area contributed by atoms with Crippen molar-refractivity contribution < 1.29 is 13.2 Å². The minimum absolute atomic E-state index is 0.00825. The maximum Gasteiger partial charge on any atom is 0.252 e. The van der Waals surface area contributed by atoms with Crippen LogP contribution in [0.25, 0.3) is 0 Å². The lowest BCUT2D eigenvalue weighted by atomic mass is 9.78. The number of benzene rings is 1. The van der Waals surface area contributed by atoms with Gasteiger partial charge in [-0.15, -0.1) is 11.3 Å². The van der Waals surface area contributed by atoms with E-state index in [-0.39, 0.29) is 23.8 Å². The Morgan fingerprint density at radius 2 is 1.86 bits per heavy atom. The van der Waals surface area contributed by atoms with Crippen molar-refractivity contribution >= 4 is 27.3 Å². The molecule has 4 rings (SSSR count). The third kappa shape index (κ3) is 4.27. The van der Waals surface area contributed by atoms with Gasteiger partial charge in [0.05, 0.1) is 5.92 Å². The minimum atomic E-state index is -3.50. The lowest BCUT2D eigenvalue weighted by molar-refractivity contribution is -0.126. The Balaban J connectivity index is 1.42. The van der Waals surface area contributed by atoms with E-state index >= 15 is 0 Å². The number of carbonyl (C=O) groups excluding carboxylic acids is 1. The molecule has 1 unspecified atom stereocenters. The summed E-state index contributed by atoms with van der Waals surface area (Å²) in [5.74, 6) is -0.300. The van der Waals surface area contributed by atoms with Crippen LogP contribution in [-0.4, -0.2) is 38.3 Å². The smallest absolute Gasteiger partial charge is 0.252 e. The van der Waals surface area contributed by atoms with E-state index in [1.54, 1.807) is 17.5 Å². The second-order valence-corrected chi connectivity index (χ2v) is 11.3. The molecule has 2 aromatic rings. The molecule has 1 saturated carbocycles. The molecule has 2 aliphatic rings. The molecular weight excluding hydrogens is 404 g/mol.